The third-order valence-electron chi connectivity index (χ3n) is 7.10. The molecule has 0 spiro atoms. The van der Waals surface area contributed by atoms with E-state index in [9.17, 15) is 9.90 Å². The number of hydrogen-bond acceptors (Lipinski definition) is 8. The minimum absolute atomic E-state index is 0.00979. The fraction of sp³-hybridized carbons (Fsp3) is 0.556. The van der Waals surface area contributed by atoms with E-state index in [2.05, 4.69) is 15.3 Å². The molecular weight excluding hydrogens is 527 g/mol. The average Bonchev–Trinajstić information content (AvgIpc) is 3.52. The van der Waals surface area contributed by atoms with Crippen molar-refractivity contribution in [3.05, 3.63) is 35.0 Å². The zero-order valence-electron chi connectivity index (χ0n) is 22.5. The van der Waals surface area contributed by atoms with Gasteiger partial charge >= 0.3 is 6.09 Å². The summed E-state index contributed by atoms with van der Waals surface area (Å²) < 4.78 is 28.2. The second-order valence-corrected chi connectivity index (χ2v) is 11.1. The van der Waals surface area contributed by atoms with Gasteiger partial charge in [-0.25, -0.2) is 24.1 Å². The fourth-order valence-corrected chi connectivity index (χ4v) is 5.45. The number of aliphatic hydroxyl groups excluding tert-OH is 1. The molecule has 3 aromatic rings. The number of rotatable bonds is 6. The second-order valence-electron chi connectivity index (χ2n) is 10.7. The number of benzene rings is 1. The maximum atomic E-state index is 15.6. The van der Waals surface area contributed by atoms with Gasteiger partial charge in [0, 0.05) is 37.2 Å². The molecule has 0 aliphatic carbocycles. The highest BCUT2D eigenvalue weighted by Gasteiger charge is 2.33. The maximum absolute atomic E-state index is 15.6. The number of ether oxygens (including phenoxy) is 2. The number of halogens is 2. The Morgan fingerprint density at radius 2 is 2.05 bits per heavy atom. The topological polar surface area (TPSA) is 115 Å². The zero-order chi connectivity index (χ0) is 27.8. The van der Waals surface area contributed by atoms with E-state index in [4.69, 9.17) is 26.1 Å². The predicted molar refractivity (Wildman–Crippen MR) is 146 cm³/mol. The number of fused-ring (bicyclic) bond motifs is 1. The summed E-state index contributed by atoms with van der Waals surface area (Å²) in [5.74, 6) is 0.492. The van der Waals surface area contributed by atoms with Gasteiger partial charge in [0.05, 0.1) is 47.3 Å². The summed E-state index contributed by atoms with van der Waals surface area (Å²) in [6, 6.07) is 2.95. The van der Waals surface area contributed by atoms with E-state index in [-0.39, 0.29) is 47.3 Å². The summed E-state index contributed by atoms with van der Waals surface area (Å²) in [4.78, 5) is 27.7. The van der Waals surface area contributed by atoms with Gasteiger partial charge in [-0.2, -0.15) is 0 Å². The van der Waals surface area contributed by atoms with Crippen molar-refractivity contribution in [2.75, 3.05) is 31.6 Å². The van der Waals surface area contributed by atoms with Crippen LogP contribution < -0.4 is 5.32 Å². The molecule has 2 N–H and O–H groups in total. The Morgan fingerprint density at radius 1 is 1.26 bits per heavy atom. The molecule has 5 rings (SSSR count). The average molecular weight is 561 g/mol. The van der Waals surface area contributed by atoms with E-state index in [1.807, 2.05) is 38.3 Å². The van der Waals surface area contributed by atoms with Gasteiger partial charge in [0.15, 0.2) is 5.82 Å². The first-order valence-electron chi connectivity index (χ1n) is 13.3. The van der Waals surface area contributed by atoms with Gasteiger partial charge in [-0.15, -0.1) is 0 Å². The lowest BCUT2D eigenvalue weighted by atomic mass is 10.1. The number of likely N-dealkylation sites (tertiary alicyclic amines) is 1. The quantitative estimate of drug-likeness (QED) is 0.443. The molecule has 10 nitrogen and oxygen atoms in total. The monoisotopic (exact) mass is 560 g/mol. The van der Waals surface area contributed by atoms with E-state index in [0.29, 0.717) is 55.3 Å². The SMILES string of the molecule is CC(C)OC(=O)N1CC[C@@H](c2nc3c(F)cc(-c4nc(N[C@@H]5CCOC[C@H]5O)ncc4Cl)cc3n2C(C)C)C1. The highest BCUT2D eigenvalue weighted by molar-refractivity contribution is 6.33. The lowest BCUT2D eigenvalue weighted by molar-refractivity contribution is -0.0136. The van der Waals surface area contributed by atoms with Crippen LogP contribution in [0.25, 0.3) is 22.3 Å². The summed E-state index contributed by atoms with van der Waals surface area (Å²) >= 11 is 6.48. The van der Waals surface area contributed by atoms with Crippen LogP contribution in [0.4, 0.5) is 15.1 Å². The first kappa shape index (κ1) is 27.5. The van der Waals surface area contributed by atoms with Crippen molar-refractivity contribution in [1.82, 2.24) is 24.4 Å². The van der Waals surface area contributed by atoms with Crippen molar-refractivity contribution in [3.8, 4) is 11.3 Å². The lowest BCUT2D eigenvalue weighted by Gasteiger charge is -2.28. The van der Waals surface area contributed by atoms with Crippen LogP contribution in [0.15, 0.2) is 18.3 Å². The van der Waals surface area contributed by atoms with Crippen molar-refractivity contribution < 1.29 is 23.8 Å². The number of amides is 1. The molecule has 2 aliphatic rings. The van der Waals surface area contributed by atoms with Crippen LogP contribution in [0.1, 0.15) is 58.3 Å². The smallest absolute Gasteiger partial charge is 0.410 e. The van der Waals surface area contributed by atoms with Gasteiger partial charge in [0.1, 0.15) is 11.3 Å². The Kier molecular flexibility index (Phi) is 7.93. The normalized spacial score (nSPS) is 21.8. The van der Waals surface area contributed by atoms with E-state index < -0.39 is 11.9 Å². The van der Waals surface area contributed by atoms with Crippen LogP contribution in [0.5, 0.6) is 0 Å². The number of nitrogens with one attached hydrogen (secondary N) is 1. The van der Waals surface area contributed by atoms with Crippen LogP contribution in [0.2, 0.25) is 5.02 Å². The first-order chi connectivity index (χ1) is 18.6. The Morgan fingerprint density at radius 3 is 2.77 bits per heavy atom. The number of hydrogen-bond donors (Lipinski definition) is 2. The minimum Gasteiger partial charge on any atom is -0.447 e. The van der Waals surface area contributed by atoms with Gasteiger partial charge in [0.2, 0.25) is 5.95 Å². The van der Waals surface area contributed by atoms with Gasteiger partial charge in [-0.3, -0.25) is 0 Å². The number of aromatic nitrogens is 4. The predicted octanol–water partition coefficient (Wildman–Crippen LogP) is 4.76. The first-order valence-corrected chi connectivity index (χ1v) is 13.7. The van der Waals surface area contributed by atoms with Crippen LogP contribution in [0, 0.1) is 5.82 Å². The Hall–Kier alpha value is -3.02. The highest BCUT2D eigenvalue weighted by atomic mass is 35.5. The van der Waals surface area contributed by atoms with Crippen LogP contribution in [0.3, 0.4) is 0 Å². The standard InChI is InChI=1S/C27H34ClFN6O4/c1-14(2)35-21-10-17(23-18(28)11-30-26(33-23)31-20-6-8-38-13-22(20)36)9-19(29)24(21)32-25(35)16-5-7-34(12-16)27(37)39-15(3)4/h9-11,14-16,20,22,36H,5-8,12-13H2,1-4H3,(H,30,31,33)/t16-,20-,22-/m1/s1. The Balaban J connectivity index is 1.49. The summed E-state index contributed by atoms with van der Waals surface area (Å²) in [6.07, 6.45) is 1.55. The summed E-state index contributed by atoms with van der Waals surface area (Å²) in [7, 11) is 0. The summed E-state index contributed by atoms with van der Waals surface area (Å²) in [6.45, 7) is 9.46. The van der Waals surface area contributed by atoms with Crippen LogP contribution >= 0.6 is 11.6 Å². The lowest BCUT2D eigenvalue weighted by Crippen LogP contribution is -2.42. The number of imidazole rings is 1. The molecule has 210 valence electrons. The molecule has 0 saturated carbocycles. The van der Waals surface area contributed by atoms with Crippen molar-refractivity contribution in [2.24, 2.45) is 0 Å². The third-order valence-corrected chi connectivity index (χ3v) is 7.38. The molecule has 2 fully saturated rings. The van der Waals surface area contributed by atoms with Crippen molar-refractivity contribution in [3.63, 3.8) is 0 Å². The van der Waals surface area contributed by atoms with Gasteiger partial charge < -0.3 is 29.4 Å². The molecule has 3 atom stereocenters. The number of carbonyl (C=O) groups is 1. The summed E-state index contributed by atoms with van der Waals surface area (Å²) in [5.41, 5.74) is 1.75. The molecule has 39 heavy (non-hydrogen) atoms. The molecule has 1 aromatic carbocycles. The minimum atomic E-state index is -0.687. The molecule has 0 unspecified atom stereocenters. The van der Waals surface area contributed by atoms with Crippen molar-refractivity contribution in [1.29, 1.82) is 0 Å². The zero-order valence-corrected chi connectivity index (χ0v) is 23.3. The van der Waals surface area contributed by atoms with E-state index >= 15 is 4.39 Å². The van der Waals surface area contributed by atoms with E-state index in [0.717, 1.165) is 5.82 Å². The molecule has 2 aliphatic heterocycles. The van der Waals surface area contributed by atoms with Gasteiger partial charge in [0.25, 0.3) is 0 Å². The number of aliphatic hydroxyl groups is 1. The number of carbonyl (C=O) groups excluding carboxylic acids is 1. The van der Waals surface area contributed by atoms with E-state index in [1.165, 1.54) is 12.3 Å². The molecule has 12 heteroatoms. The Bertz CT molecular complexity index is 1370. The molecule has 2 aromatic heterocycles. The second kappa shape index (κ2) is 11.2. The van der Waals surface area contributed by atoms with Crippen LogP contribution in [-0.2, 0) is 9.47 Å². The van der Waals surface area contributed by atoms with E-state index in [1.54, 1.807) is 4.90 Å². The number of nitrogens with zero attached hydrogens (tertiary/aromatic N) is 5. The molecule has 1 amide bonds. The van der Waals surface area contributed by atoms with Crippen molar-refractivity contribution in [2.45, 2.75) is 70.7 Å². The summed E-state index contributed by atoms with van der Waals surface area (Å²) in [5, 5.41) is 13.7. The van der Waals surface area contributed by atoms with Gasteiger partial charge in [-0.05, 0) is 52.7 Å². The van der Waals surface area contributed by atoms with Crippen LogP contribution in [-0.4, -0.2) is 80.2 Å². The van der Waals surface area contributed by atoms with Crippen molar-refractivity contribution >= 4 is 34.7 Å². The molecule has 0 radical (unpaired) electrons. The largest absolute Gasteiger partial charge is 0.447 e. The molecule has 0 bridgehead atoms. The third kappa shape index (κ3) is 5.66. The highest BCUT2D eigenvalue weighted by Crippen LogP contribution is 2.36. The van der Waals surface area contributed by atoms with Gasteiger partial charge in [-0.1, -0.05) is 11.6 Å². The molecular formula is C27H34ClFN6O4. The maximum Gasteiger partial charge on any atom is 0.410 e. The number of anilines is 1. The molecule has 4 heterocycles. The fourth-order valence-electron chi connectivity index (χ4n) is 5.25. The Labute approximate surface area is 231 Å². The molecule has 2 saturated heterocycles.